The maximum atomic E-state index is 15.1. The van der Waals surface area contributed by atoms with Crippen molar-refractivity contribution in [2.45, 2.75) is 32.1 Å². The number of carbonyl (C=O) groups excluding carboxylic acids is 2. The summed E-state index contributed by atoms with van der Waals surface area (Å²) in [7, 11) is 0. The van der Waals surface area contributed by atoms with E-state index in [-0.39, 0.29) is 24.4 Å². The Morgan fingerprint density at radius 1 is 1.07 bits per heavy atom. The maximum absolute atomic E-state index is 15.1. The molecule has 0 unspecified atom stereocenters. The van der Waals surface area contributed by atoms with E-state index in [2.05, 4.69) is 20.6 Å². The minimum atomic E-state index is -0.539. The predicted molar refractivity (Wildman–Crippen MR) is 107 cm³/mol. The highest BCUT2D eigenvalue weighted by Crippen LogP contribution is 2.41. The van der Waals surface area contributed by atoms with E-state index in [0.717, 1.165) is 44.7 Å². The number of nitrogens with one attached hydrogen (secondary N) is 2. The number of rotatable bonds is 2. The fourth-order valence-electron chi connectivity index (χ4n) is 4.90. The van der Waals surface area contributed by atoms with Crippen molar-refractivity contribution in [1.82, 2.24) is 20.2 Å². The number of amides is 3. The second-order valence-electron chi connectivity index (χ2n) is 8.36. The van der Waals surface area contributed by atoms with Gasteiger partial charge in [0.1, 0.15) is 5.52 Å². The fraction of sp³-hybridized carbons (Fsp3) is 0.550. The summed E-state index contributed by atoms with van der Waals surface area (Å²) in [6.07, 6.45) is 8.19. The van der Waals surface area contributed by atoms with Gasteiger partial charge in [0.05, 0.1) is 23.8 Å². The zero-order chi connectivity index (χ0) is 20.0. The first-order valence-corrected chi connectivity index (χ1v) is 10.3. The van der Waals surface area contributed by atoms with Gasteiger partial charge in [-0.2, -0.15) is 5.10 Å². The number of carbonyl (C=O) groups is 2. The van der Waals surface area contributed by atoms with Gasteiger partial charge in [0, 0.05) is 32.1 Å². The van der Waals surface area contributed by atoms with Crippen LogP contribution in [0.2, 0.25) is 0 Å². The molecule has 1 spiro atoms. The molecule has 3 saturated heterocycles. The Morgan fingerprint density at radius 2 is 1.83 bits per heavy atom. The molecular weight excluding hydrogens is 375 g/mol. The Labute approximate surface area is 168 Å². The lowest BCUT2D eigenvalue weighted by molar-refractivity contribution is -0.120. The van der Waals surface area contributed by atoms with E-state index in [1.54, 1.807) is 0 Å². The van der Waals surface area contributed by atoms with E-state index >= 15 is 4.39 Å². The molecule has 2 aromatic heterocycles. The number of anilines is 2. The Balaban J connectivity index is 1.39. The van der Waals surface area contributed by atoms with Gasteiger partial charge in [-0.25, -0.2) is 13.7 Å². The van der Waals surface area contributed by atoms with Crippen LogP contribution in [0.25, 0.3) is 5.52 Å². The third-order valence-electron chi connectivity index (χ3n) is 6.73. The van der Waals surface area contributed by atoms with Gasteiger partial charge in [-0.05, 0) is 44.2 Å². The first-order chi connectivity index (χ1) is 14.0. The molecule has 2 aromatic rings. The minimum Gasteiger partial charge on any atom is -0.370 e. The Bertz CT molecular complexity index is 957. The average molecular weight is 400 g/mol. The lowest BCUT2D eigenvalue weighted by Crippen LogP contribution is -2.49. The van der Waals surface area contributed by atoms with Crippen LogP contribution in [-0.2, 0) is 4.79 Å². The van der Waals surface area contributed by atoms with Crippen LogP contribution in [0.3, 0.4) is 0 Å². The number of hydrogen-bond acceptors (Lipinski definition) is 5. The van der Waals surface area contributed by atoms with E-state index in [4.69, 9.17) is 0 Å². The van der Waals surface area contributed by atoms with Crippen LogP contribution in [0.4, 0.5) is 20.6 Å². The van der Waals surface area contributed by atoms with Crippen molar-refractivity contribution in [2.24, 2.45) is 5.41 Å². The number of imide groups is 1. The molecule has 3 amide bonds. The molecule has 2 N–H and O–H groups in total. The van der Waals surface area contributed by atoms with E-state index in [0.29, 0.717) is 11.1 Å². The first kappa shape index (κ1) is 18.4. The SMILES string of the molecule is O=C1CCN(c2cnn3cc(N4CCC5(CCNCC5)CC4)cc(F)c23)C(=O)N1. The van der Waals surface area contributed by atoms with Gasteiger partial charge in [-0.15, -0.1) is 0 Å². The molecule has 3 aliphatic rings. The van der Waals surface area contributed by atoms with Gasteiger partial charge >= 0.3 is 6.03 Å². The van der Waals surface area contributed by atoms with E-state index in [9.17, 15) is 9.59 Å². The number of halogens is 1. The summed E-state index contributed by atoms with van der Waals surface area (Å²) in [5.74, 6) is -0.732. The van der Waals surface area contributed by atoms with Crippen LogP contribution in [0.15, 0.2) is 18.5 Å². The second-order valence-corrected chi connectivity index (χ2v) is 8.36. The topological polar surface area (TPSA) is 82.0 Å². The van der Waals surface area contributed by atoms with E-state index < -0.39 is 11.8 Å². The molecular formula is C20H25FN6O2. The standard InChI is InChI=1S/C20H25FN6O2/c21-15-11-14(25-9-4-20(5-10-25)2-6-22-7-3-20)13-27-18(15)16(12-23-27)26-8-1-17(28)24-19(26)29/h11-13,22H,1-10H2,(H,24,28,29). The van der Waals surface area contributed by atoms with Gasteiger partial charge in [-0.3, -0.25) is 15.0 Å². The van der Waals surface area contributed by atoms with Crippen LogP contribution in [-0.4, -0.2) is 54.3 Å². The molecule has 5 rings (SSSR count). The van der Waals surface area contributed by atoms with Gasteiger partial charge in [0.2, 0.25) is 5.91 Å². The minimum absolute atomic E-state index is 0.188. The number of fused-ring (bicyclic) bond motifs is 1. The largest absolute Gasteiger partial charge is 0.370 e. The molecule has 154 valence electrons. The fourth-order valence-corrected chi connectivity index (χ4v) is 4.90. The maximum Gasteiger partial charge on any atom is 0.328 e. The number of piperidine rings is 2. The zero-order valence-electron chi connectivity index (χ0n) is 16.3. The molecule has 3 fully saturated rings. The molecule has 8 nitrogen and oxygen atoms in total. The van der Waals surface area contributed by atoms with Crippen molar-refractivity contribution in [2.75, 3.05) is 42.5 Å². The van der Waals surface area contributed by atoms with Gasteiger partial charge in [0.25, 0.3) is 0 Å². The lowest BCUT2D eigenvalue weighted by atomic mass is 9.71. The molecule has 0 bridgehead atoms. The monoisotopic (exact) mass is 400 g/mol. The number of nitrogens with zero attached hydrogens (tertiary/aromatic N) is 4. The average Bonchev–Trinajstić information content (AvgIpc) is 3.13. The van der Waals surface area contributed by atoms with E-state index in [1.807, 2.05) is 6.20 Å². The summed E-state index contributed by atoms with van der Waals surface area (Å²) < 4.78 is 16.6. The zero-order valence-corrected chi connectivity index (χ0v) is 16.3. The summed E-state index contributed by atoms with van der Waals surface area (Å²) in [5.41, 5.74) is 1.88. The highest BCUT2D eigenvalue weighted by atomic mass is 19.1. The molecule has 0 aliphatic carbocycles. The van der Waals surface area contributed by atoms with Gasteiger partial charge in [0.15, 0.2) is 5.82 Å². The van der Waals surface area contributed by atoms with Crippen LogP contribution in [0.5, 0.6) is 0 Å². The summed E-state index contributed by atoms with van der Waals surface area (Å²) in [5, 5.41) is 9.99. The van der Waals surface area contributed by atoms with Crippen molar-refractivity contribution in [3.63, 3.8) is 0 Å². The Morgan fingerprint density at radius 3 is 2.55 bits per heavy atom. The van der Waals surface area contributed by atoms with Gasteiger partial charge in [-0.1, -0.05) is 0 Å². The Kier molecular flexibility index (Phi) is 4.42. The predicted octanol–water partition coefficient (Wildman–Crippen LogP) is 1.89. The summed E-state index contributed by atoms with van der Waals surface area (Å²) in [4.78, 5) is 27.1. The molecule has 0 atom stereocenters. The molecule has 0 radical (unpaired) electrons. The van der Waals surface area contributed by atoms with Gasteiger partial charge < -0.3 is 10.2 Å². The van der Waals surface area contributed by atoms with Crippen molar-refractivity contribution in [1.29, 1.82) is 0 Å². The Hall–Kier alpha value is -2.68. The smallest absolute Gasteiger partial charge is 0.328 e. The third kappa shape index (κ3) is 3.23. The molecule has 29 heavy (non-hydrogen) atoms. The highest BCUT2D eigenvalue weighted by molar-refractivity contribution is 6.07. The first-order valence-electron chi connectivity index (χ1n) is 10.3. The number of urea groups is 1. The summed E-state index contributed by atoms with van der Waals surface area (Å²) in [6.45, 7) is 4.22. The molecule has 3 aliphatic heterocycles. The summed E-state index contributed by atoms with van der Waals surface area (Å²) >= 11 is 0. The third-order valence-corrected chi connectivity index (χ3v) is 6.73. The number of aromatic nitrogens is 2. The summed E-state index contributed by atoms with van der Waals surface area (Å²) in [6, 6.07) is 0.997. The van der Waals surface area contributed by atoms with Crippen molar-refractivity contribution >= 4 is 28.8 Å². The normalized spacial score (nSPS) is 22.4. The number of pyridine rings is 1. The molecule has 0 aromatic carbocycles. The highest BCUT2D eigenvalue weighted by Gasteiger charge is 2.36. The lowest BCUT2D eigenvalue weighted by Gasteiger charge is -2.45. The molecule has 9 heteroatoms. The van der Waals surface area contributed by atoms with Crippen molar-refractivity contribution in [3.8, 4) is 0 Å². The van der Waals surface area contributed by atoms with Crippen LogP contribution in [0.1, 0.15) is 32.1 Å². The number of hydrogen-bond donors (Lipinski definition) is 2. The quantitative estimate of drug-likeness (QED) is 0.805. The van der Waals surface area contributed by atoms with Crippen LogP contribution >= 0.6 is 0 Å². The molecule has 5 heterocycles. The van der Waals surface area contributed by atoms with E-state index in [1.165, 1.54) is 34.5 Å². The van der Waals surface area contributed by atoms with Crippen LogP contribution < -0.4 is 20.4 Å². The van der Waals surface area contributed by atoms with Crippen molar-refractivity contribution in [3.05, 3.63) is 24.3 Å². The molecule has 0 saturated carbocycles. The second kappa shape index (κ2) is 6.98. The van der Waals surface area contributed by atoms with Crippen LogP contribution in [0, 0.1) is 11.2 Å². The van der Waals surface area contributed by atoms with Crippen molar-refractivity contribution < 1.29 is 14.0 Å².